The van der Waals surface area contributed by atoms with Crippen LogP contribution in [-0.4, -0.2) is 25.8 Å². The van der Waals surface area contributed by atoms with Gasteiger partial charge in [-0.15, -0.1) is 0 Å². The molecule has 0 fully saturated rings. The summed E-state index contributed by atoms with van der Waals surface area (Å²) >= 11 is 0. The van der Waals surface area contributed by atoms with Crippen molar-refractivity contribution in [2.45, 2.75) is 0 Å². The van der Waals surface area contributed by atoms with Gasteiger partial charge in [0.25, 0.3) is 0 Å². The van der Waals surface area contributed by atoms with Gasteiger partial charge in [0.1, 0.15) is 6.07 Å². The van der Waals surface area contributed by atoms with Gasteiger partial charge in [-0.1, -0.05) is 6.07 Å². The minimum atomic E-state index is -1.15. The molecule has 3 aromatic rings. The summed E-state index contributed by atoms with van der Waals surface area (Å²) in [5.74, 6) is -3.28. The van der Waals surface area contributed by atoms with Crippen molar-refractivity contribution in [3.05, 3.63) is 65.6 Å². The number of carboxylic acids is 1. The Morgan fingerprint density at radius 3 is 2.75 bits per heavy atom. The largest absolute Gasteiger partial charge is 0.478 e. The number of pyridine rings is 1. The Bertz CT molecular complexity index is 992. The van der Waals surface area contributed by atoms with E-state index >= 15 is 0 Å². The average Bonchev–Trinajstić information content (AvgIpc) is 3.07. The van der Waals surface area contributed by atoms with Crippen LogP contribution < -0.4 is 0 Å². The molecule has 0 atom stereocenters. The number of aromatic nitrogens is 3. The van der Waals surface area contributed by atoms with Gasteiger partial charge in [-0.3, -0.25) is 4.98 Å². The molecule has 6 nitrogen and oxygen atoms in total. The molecule has 0 saturated carbocycles. The third kappa shape index (κ3) is 2.59. The Morgan fingerprint density at radius 2 is 2.08 bits per heavy atom. The van der Waals surface area contributed by atoms with Gasteiger partial charge < -0.3 is 5.11 Å². The van der Waals surface area contributed by atoms with Gasteiger partial charge in [-0.25, -0.2) is 18.3 Å². The van der Waals surface area contributed by atoms with Crippen molar-refractivity contribution < 1.29 is 18.7 Å². The highest BCUT2D eigenvalue weighted by Crippen LogP contribution is 2.26. The Hall–Kier alpha value is -3.60. The minimum absolute atomic E-state index is 0.00405. The van der Waals surface area contributed by atoms with E-state index in [1.165, 1.54) is 35.3 Å². The van der Waals surface area contributed by atoms with E-state index in [-0.39, 0.29) is 22.4 Å². The molecule has 0 saturated heterocycles. The van der Waals surface area contributed by atoms with Crippen LogP contribution in [0.25, 0.3) is 16.9 Å². The van der Waals surface area contributed by atoms with Crippen molar-refractivity contribution in [3.8, 4) is 23.0 Å². The van der Waals surface area contributed by atoms with Gasteiger partial charge in [-0.05, 0) is 18.2 Å². The number of nitriles is 1. The molecule has 118 valence electrons. The normalized spacial score (nSPS) is 10.4. The number of hydrogen-bond acceptors (Lipinski definition) is 4. The molecule has 3 rings (SSSR count). The van der Waals surface area contributed by atoms with Gasteiger partial charge in [0.2, 0.25) is 0 Å². The van der Waals surface area contributed by atoms with Crippen molar-refractivity contribution in [2.24, 2.45) is 0 Å². The van der Waals surface area contributed by atoms with Gasteiger partial charge in [-0.2, -0.15) is 10.4 Å². The van der Waals surface area contributed by atoms with Crippen molar-refractivity contribution in [1.82, 2.24) is 14.8 Å². The number of aromatic carboxylic acids is 1. The summed E-state index contributed by atoms with van der Waals surface area (Å²) in [5.41, 5.74) is 0.145. The Labute approximate surface area is 134 Å². The van der Waals surface area contributed by atoms with Crippen LogP contribution in [0, 0.1) is 23.0 Å². The summed E-state index contributed by atoms with van der Waals surface area (Å²) in [7, 11) is 0. The number of nitrogens with zero attached hydrogens (tertiary/aromatic N) is 4. The number of hydrogen-bond donors (Lipinski definition) is 1. The van der Waals surface area contributed by atoms with Crippen LogP contribution in [0.3, 0.4) is 0 Å². The highest BCUT2D eigenvalue weighted by molar-refractivity contribution is 5.87. The number of halogens is 2. The summed E-state index contributed by atoms with van der Waals surface area (Å²) in [6, 6.07) is 6.84. The summed E-state index contributed by atoms with van der Waals surface area (Å²) in [5, 5.41) is 22.0. The first kappa shape index (κ1) is 15.3. The lowest BCUT2D eigenvalue weighted by Gasteiger charge is -2.07. The topological polar surface area (TPSA) is 91.8 Å². The molecule has 2 aromatic heterocycles. The van der Waals surface area contributed by atoms with Crippen LogP contribution in [0.2, 0.25) is 0 Å². The molecular weight excluding hydrogens is 318 g/mol. The minimum Gasteiger partial charge on any atom is -0.478 e. The number of benzene rings is 1. The summed E-state index contributed by atoms with van der Waals surface area (Å²) in [6.45, 7) is 0. The van der Waals surface area contributed by atoms with Crippen LogP contribution in [0.4, 0.5) is 8.78 Å². The summed E-state index contributed by atoms with van der Waals surface area (Å²) in [4.78, 5) is 14.9. The monoisotopic (exact) mass is 326 g/mol. The third-order valence-corrected chi connectivity index (χ3v) is 3.29. The second-order valence-corrected chi connectivity index (χ2v) is 4.78. The van der Waals surface area contributed by atoms with E-state index in [0.29, 0.717) is 5.69 Å². The lowest BCUT2D eigenvalue weighted by molar-refractivity contribution is 0.0697. The van der Waals surface area contributed by atoms with Crippen LogP contribution in [0.15, 0.2) is 42.9 Å². The lowest BCUT2D eigenvalue weighted by atomic mass is 10.1. The maximum atomic E-state index is 13.9. The molecule has 0 amide bonds. The number of rotatable bonds is 3. The number of carbonyl (C=O) groups is 1. The van der Waals surface area contributed by atoms with Crippen molar-refractivity contribution in [1.29, 1.82) is 5.26 Å². The standard InChI is InChI=1S/C16H8F2N4O2/c17-13-3-1-2-12(14(13)18)15-9(5-19)4-11(7-20-15)22-8-10(6-21-22)16(23)24/h1-4,6-8H,(H,23,24). The molecule has 0 aliphatic heterocycles. The zero-order valence-corrected chi connectivity index (χ0v) is 11.9. The third-order valence-electron chi connectivity index (χ3n) is 3.29. The molecule has 0 aliphatic rings. The van der Waals surface area contributed by atoms with Crippen LogP contribution in [-0.2, 0) is 0 Å². The molecule has 0 aliphatic carbocycles. The second-order valence-electron chi connectivity index (χ2n) is 4.78. The first-order valence-corrected chi connectivity index (χ1v) is 6.64. The average molecular weight is 326 g/mol. The molecule has 0 spiro atoms. The fraction of sp³-hybridized carbons (Fsp3) is 0. The fourth-order valence-corrected chi connectivity index (χ4v) is 2.14. The number of carboxylic acid groups (broad SMARTS) is 1. The van der Waals surface area contributed by atoms with Gasteiger partial charge in [0.05, 0.1) is 34.9 Å². The molecular formula is C16H8F2N4O2. The van der Waals surface area contributed by atoms with Crippen LogP contribution in [0.5, 0.6) is 0 Å². The predicted octanol–water partition coefficient (Wildman–Crippen LogP) is 2.78. The zero-order chi connectivity index (χ0) is 17.3. The fourth-order valence-electron chi connectivity index (χ4n) is 2.14. The van der Waals surface area contributed by atoms with Crippen LogP contribution >= 0.6 is 0 Å². The van der Waals surface area contributed by atoms with E-state index in [0.717, 1.165) is 12.3 Å². The smallest absolute Gasteiger partial charge is 0.338 e. The summed E-state index contributed by atoms with van der Waals surface area (Å²) < 4.78 is 28.5. The Kier molecular flexibility index (Phi) is 3.75. The molecule has 2 heterocycles. The molecule has 24 heavy (non-hydrogen) atoms. The molecule has 1 aromatic carbocycles. The van der Waals surface area contributed by atoms with Crippen LogP contribution in [0.1, 0.15) is 15.9 Å². The van der Waals surface area contributed by atoms with Crippen molar-refractivity contribution in [2.75, 3.05) is 0 Å². The maximum Gasteiger partial charge on any atom is 0.338 e. The first-order valence-electron chi connectivity index (χ1n) is 6.64. The van der Waals surface area contributed by atoms with Gasteiger partial charge in [0.15, 0.2) is 11.6 Å². The van der Waals surface area contributed by atoms with E-state index in [4.69, 9.17) is 5.11 Å². The van der Waals surface area contributed by atoms with E-state index in [2.05, 4.69) is 10.1 Å². The van der Waals surface area contributed by atoms with E-state index < -0.39 is 17.6 Å². The van der Waals surface area contributed by atoms with E-state index in [9.17, 15) is 18.8 Å². The molecule has 0 bridgehead atoms. The first-order chi connectivity index (χ1) is 11.5. The summed E-state index contributed by atoms with van der Waals surface area (Å²) in [6.07, 6.45) is 3.69. The zero-order valence-electron chi connectivity index (χ0n) is 11.9. The molecule has 0 unspecified atom stereocenters. The van der Waals surface area contributed by atoms with Gasteiger partial charge in [0, 0.05) is 11.8 Å². The Balaban J connectivity index is 2.10. The van der Waals surface area contributed by atoms with Gasteiger partial charge >= 0.3 is 5.97 Å². The van der Waals surface area contributed by atoms with E-state index in [1.807, 2.05) is 6.07 Å². The molecule has 0 radical (unpaired) electrons. The highest BCUT2D eigenvalue weighted by Gasteiger charge is 2.16. The molecule has 1 N–H and O–H groups in total. The highest BCUT2D eigenvalue weighted by atomic mass is 19.2. The SMILES string of the molecule is N#Cc1cc(-n2cc(C(=O)O)cn2)cnc1-c1cccc(F)c1F. The van der Waals surface area contributed by atoms with Crippen molar-refractivity contribution in [3.63, 3.8) is 0 Å². The predicted molar refractivity (Wildman–Crippen MR) is 78.4 cm³/mol. The quantitative estimate of drug-likeness (QED) is 0.799. The van der Waals surface area contributed by atoms with E-state index in [1.54, 1.807) is 0 Å². The Morgan fingerprint density at radius 1 is 1.29 bits per heavy atom. The maximum absolute atomic E-state index is 13.9. The second kappa shape index (κ2) is 5.89. The molecule has 8 heteroatoms. The van der Waals surface area contributed by atoms with Crippen molar-refractivity contribution >= 4 is 5.97 Å². The lowest BCUT2D eigenvalue weighted by Crippen LogP contribution is -2.00.